The fraction of sp³-hybridized carbons (Fsp3) is 0.647. The molecule has 0 bridgehead atoms. The van der Waals surface area contributed by atoms with Gasteiger partial charge in [0, 0.05) is 11.1 Å². The Morgan fingerprint density at radius 1 is 1.16 bits per heavy atom. The number of rotatable bonds is 3. The van der Waals surface area contributed by atoms with Crippen molar-refractivity contribution in [1.29, 1.82) is 0 Å². The largest absolute Gasteiger partial charge is 0.313 e. The van der Waals surface area contributed by atoms with Crippen LogP contribution < -0.4 is 5.32 Å². The lowest BCUT2D eigenvalue weighted by Gasteiger charge is -2.30. The summed E-state index contributed by atoms with van der Waals surface area (Å²) in [6.45, 7) is 3.63. The summed E-state index contributed by atoms with van der Waals surface area (Å²) in [4.78, 5) is 0. The van der Waals surface area contributed by atoms with E-state index in [4.69, 9.17) is 11.6 Å². The van der Waals surface area contributed by atoms with E-state index in [0.717, 1.165) is 23.3 Å². The molecule has 0 saturated heterocycles. The molecule has 1 aromatic rings. The number of hydrogen-bond donors (Lipinski definition) is 1. The molecule has 0 spiro atoms. The van der Waals surface area contributed by atoms with Crippen molar-refractivity contribution < 1.29 is 0 Å². The Morgan fingerprint density at radius 3 is 2.79 bits per heavy atom. The molecule has 1 fully saturated rings. The first-order chi connectivity index (χ1) is 9.22. The fourth-order valence-corrected chi connectivity index (χ4v) is 3.94. The highest BCUT2D eigenvalue weighted by atomic mass is 35.5. The standard InChI is InChI=1S/C17H24ClN/c1-12-4-2-3-5-14(12)11-19-17-9-13-6-7-16(18)8-15(13)10-17/h6-8,12,14,17,19H,2-5,9-11H2,1H3. The monoisotopic (exact) mass is 277 g/mol. The maximum absolute atomic E-state index is 6.07. The number of hydrogen-bond acceptors (Lipinski definition) is 1. The zero-order chi connectivity index (χ0) is 13.2. The Balaban J connectivity index is 1.53. The summed E-state index contributed by atoms with van der Waals surface area (Å²) in [7, 11) is 0. The smallest absolute Gasteiger partial charge is 0.0408 e. The van der Waals surface area contributed by atoms with Gasteiger partial charge in [-0.1, -0.05) is 43.9 Å². The van der Waals surface area contributed by atoms with Crippen molar-refractivity contribution in [3.63, 3.8) is 0 Å². The Morgan fingerprint density at radius 2 is 1.95 bits per heavy atom. The number of halogens is 1. The number of benzene rings is 1. The van der Waals surface area contributed by atoms with Crippen LogP contribution in [-0.2, 0) is 12.8 Å². The maximum atomic E-state index is 6.07. The van der Waals surface area contributed by atoms with Crippen LogP contribution >= 0.6 is 11.6 Å². The van der Waals surface area contributed by atoms with Gasteiger partial charge in [0.2, 0.25) is 0 Å². The minimum Gasteiger partial charge on any atom is -0.313 e. The predicted octanol–water partition coefficient (Wildman–Crippen LogP) is 4.22. The summed E-state index contributed by atoms with van der Waals surface area (Å²) in [6.07, 6.45) is 8.03. The van der Waals surface area contributed by atoms with Gasteiger partial charge < -0.3 is 5.32 Å². The van der Waals surface area contributed by atoms with E-state index in [1.807, 2.05) is 6.07 Å². The topological polar surface area (TPSA) is 12.0 Å². The van der Waals surface area contributed by atoms with Crippen molar-refractivity contribution in [2.45, 2.75) is 51.5 Å². The Labute approximate surface area is 121 Å². The quantitative estimate of drug-likeness (QED) is 0.872. The van der Waals surface area contributed by atoms with Crippen LogP contribution in [0.3, 0.4) is 0 Å². The molecule has 3 rings (SSSR count). The molecule has 3 unspecified atom stereocenters. The van der Waals surface area contributed by atoms with Gasteiger partial charge in [-0.3, -0.25) is 0 Å². The van der Waals surface area contributed by atoms with E-state index in [1.165, 1.54) is 49.8 Å². The Bertz CT molecular complexity index is 443. The lowest BCUT2D eigenvalue weighted by Crippen LogP contribution is -2.36. The van der Waals surface area contributed by atoms with Gasteiger partial charge in [-0.25, -0.2) is 0 Å². The van der Waals surface area contributed by atoms with Crippen LogP contribution in [-0.4, -0.2) is 12.6 Å². The minimum atomic E-state index is 0.627. The van der Waals surface area contributed by atoms with Crippen LogP contribution in [0.1, 0.15) is 43.7 Å². The van der Waals surface area contributed by atoms with Crippen molar-refractivity contribution in [1.82, 2.24) is 5.32 Å². The Kier molecular flexibility index (Phi) is 4.14. The average molecular weight is 278 g/mol. The highest BCUT2D eigenvalue weighted by Crippen LogP contribution is 2.30. The molecule has 2 heteroatoms. The first-order valence-electron chi connectivity index (χ1n) is 7.73. The molecule has 19 heavy (non-hydrogen) atoms. The lowest BCUT2D eigenvalue weighted by atomic mass is 9.80. The highest BCUT2D eigenvalue weighted by molar-refractivity contribution is 6.30. The van der Waals surface area contributed by atoms with Crippen molar-refractivity contribution in [2.24, 2.45) is 11.8 Å². The van der Waals surface area contributed by atoms with Crippen LogP contribution in [0, 0.1) is 11.8 Å². The van der Waals surface area contributed by atoms with Crippen molar-refractivity contribution in [3.8, 4) is 0 Å². The third-order valence-corrected chi connectivity index (χ3v) is 5.29. The van der Waals surface area contributed by atoms with Gasteiger partial charge in [0.05, 0.1) is 0 Å². The number of fused-ring (bicyclic) bond motifs is 1. The number of nitrogens with one attached hydrogen (secondary N) is 1. The highest BCUT2D eigenvalue weighted by Gasteiger charge is 2.25. The molecule has 2 aliphatic rings. The molecule has 0 aromatic heterocycles. The van der Waals surface area contributed by atoms with Crippen molar-refractivity contribution in [3.05, 3.63) is 34.3 Å². The van der Waals surface area contributed by atoms with E-state index in [-0.39, 0.29) is 0 Å². The molecule has 3 atom stereocenters. The van der Waals surface area contributed by atoms with Crippen molar-refractivity contribution in [2.75, 3.05) is 6.54 Å². The first kappa shape index (κ1) is 13.5. The molecular weight excluding hydrogens is 254 g/mol. The lowest BCUT2D eigenvalue weighted by molar-refractivity contribution is 0.241. The summed E-state index contributed by atoms with van der Waals surface area (Å²) in [6, 6.07) is 6.98. The van der Waals surface area contributed by atoms with Crippen LogP contribution in [0.4, 0.5) is 0 Å². The SMILES string of the molecule is CC1CCCCC1CNC1Cc2ccc(Cl)cc2C1. The van der Waals surface area contributed by atoms with Crippen LogP contribution in [0.2, 0.25) is 5.02 Å². The third-order valence-electron chi connectivity index (χ3n) is 5.06. The van der Waals surface area contributed by atoms with E-state index >= 15 is 0 Å². The molecule has 1 saturated carbocycles. The second-order valence-corrected chi connectivity index (χ2v) is 6.88. The van der Waals surface area contributed by atoms with Gasteiger partial charge in [0.25, 0.3) is 0 Å². The average Bonchev–Trinajstić information content (AvgIpc) is 2.79. The van der Waals surface area contributed by atoms with Crippen molar-refractivity contribution >= 4 is 11.6 Å². The summed E-state index contributed by atoms with van der Waals surface area (Å²) < 4.78 is 0. The Hall–Kier alpha value is -0.530. The second kappa shape index (κ2) is 5.85. The van der Waals surface area contributed by atoms with E-state index in [9.17, 15) is 0 Å². The second-order valence-electron chi connectivity index (χ2n) is 6.45. The first-order valence-corrected chi connectivity index (χ1v) is 8.11. The molecule has 1 N–H and O–H groups in total. The van der Waals surface area contributed by atoms with Crippen LogP contribution in [0.15, 0.2) is 18.2 Å². The van der Waals surface area contributed by atoms with Crippen LogP contribution in [0.25, 0.3) is 0 Å². The van der Waals surface area contributed by atoms with Crippen LogP contribution in [0.5, 0.6) is 0 Å². The van der Waals surface area contributed by atoms with Gasteiger partial charge in [-0.2, -0.15) is 0 Å². The normalized spacial score (nSPS) is 30.3. The fourth-order valence-electron chi connectivity index (χ4n) is 3.75. The molecule has 0 heterocycles. The molecule has 1 nitrogen and oxygen atoms in total. The van der Waals surface area contributed by atoms with E-state index < -0.39 is 0 Å². The zero-order valence-electron chi connectivity index (χ0n) is 11.8. The molecule has 0 aliphatic heterocycles. The van der Waals surface area contributed by atoms with Gasteiger partial charge >= 0.3 is 0 Å². The van der Waals surface area contributed by atoms with Gasteiger partial charge in [0.1, 0.15) is 0 Å². The maximum Gasteiger partial charge on any atom is 0.0408 e. The summed E-state index contributed by atoms with van der Waals surface area (Å²) in [5.74, 6) is 1.79. The third kappa shape index (κ3) is 3.14. The van der Waals surface area contributed by atoms with Gasteiger partial charge in [-0.05, 0) is 60.9 Å². The minimum absolute atomic E-state index is 0.627. The molecular formula is C17H24ClN. The molecule has 2 aliphatic carbocycles. The molecule has 0 amide bonds. The molecule has 104 valence electrons. The summed E-state index contributed by atoms with van der Waals surface area (Å²) in [5, 5.41) is 4.68. The van der Waals surface area contributed by atoms with Gasteiger partial charge in [-0.15, -0.1) is 0 Å². The zero-order valence-corrected chi connectivity index (χ0v) is 12.5. The molecule has 1 aromatic carbocycles. The van der Waals surface area contributed by atoms with E-state index in [2.05, 4.69) is 24.4 Å². The molecule has 0 radical (unpaired) electrons. The van der Waals surface area contributed by atoms with E-state index in [0.29, 0.717) is 6.04 Å². The predicted molar refractivity (Wildman–Crippen MR) is 81.8 cm³/mol. The van der Waals surface area contributed by atoms with E-state index in [1.54, 1.807) is 0 Å². The summed E-state index contributed by atoms with van der Waals surface area (Å²) >= 11 is 6.07. The van der Waals surface area contributed by atoms with Gasteiger partial charge in [0.15, 0.2) is 0 Å². The summed E-state index contributed by atoms with van der Waals surface area (Å²) in [5.41, 5.74) is 2.93.